The molecule has 0 rings (SSSR count). The molecule has 0 spiro atoms. The zero-order valence-corrected chi connectivity index (χ0v) is 16.9. The second-order valence-corrected chi connectivity index (χ2v) is 6.94. The van der Waals surface area contributed by atoms with Gasteiger partial charge in [0, 0.05) is 12.2 Å². The first-order valence-electron chi connectivity index (χ1n) is 8.62. The Morgan fingerprint density at radius 3 is 1.82 bits per heavy atom. The van der Waals surface area contributed by atoms with Crippen molar-refractivity contribution in [3.63, 3.8) is 0 Å². The Kier molecular flexibility index (Phi) is 11.2. The van der Waals surface area contributed by atoms with Crippen molar-refractivity contribution in [2.24, 2.45) is 11.7 Å². The maximum atomic E-state index is 12.4. The fourth-order valence-electron chi connectivity index (χ4n) is 1.95. The summed E-state index contributed by atoms with van der Waals surface area (Å²) in [7, 11) is 0. The topological polar surface area (TPSA) is 188 Å². The van der Waals surface area contributed by atoms with Crippen LogP contribution in [0.1, 0.15) is 33.6 Å². The highest BCUT2D eigenvalue weighted by atomic mass is 32.1. The van der Waals surface area contributed by atoms with E-state index in [2.05, 4.69) is 28.6 Å². The highest BCUT2D eigenvalue weighted by molar-refractivity contribution is 7.80. The van der Waals surface area contributed by atoms with E-state index in [1.165, 1.54) is 6.92 Å². The van der Waals surface area contributed by atoms with Gasteiger partial charge in [0.1, 0.15) is 18.1 Å². The predicted octanol–water partition coefficient (Wildman–Crippen LogP) is -1.68. The molecule has 0 aliphatic rings. The van der Waals surface area contributed by atoms with Crippen molar-refractivity contribution in [1.82, 2.24) is 16.0 Å². The minimum atomic E-state index is -1.30. The van der Waals surface area contributed by atoms with Crippen LogP contribution in [-0.4, -0.2) is 69.8 Å². The SMILES string of the molecule is CC(NC(=O)C(CCC(=O)O)NC(=O)C(CS)NC(=O)C(N)C(C)C)C(=O)O. The van der Waals surface area contributed by atoms with Gasteiger partial charge in [-0.3, -0.25) is 24.0 Å². The molecule has 0 bridgehead atoms. The molecule has 12 heteroatoms. The summed E-state index contributed by atoms with van der Waals surface area (Å²) in [5.74, 6) is -4.95. The molecule has 0 radical (unpaired) electrons. The van der Waals surface area contributed by atoms with E-state index in [0.717, 1.165) is 0 Å². The molecule has 0 saturated carbocycles. The first-order valence-corrected chi connectivity index (χ1v) is 9.26. The molecule has 0 aromatic rings. The van der Waals surface area contributed by atoms with E-state index in [0.29, 0.717) is 0 Å². The number of aliphatic carboxylic acids is 2. The van der Waals surface area contributed by atoms with E-state index in [1.54, 1.807) is 13.8 Å². The Balaban J connectivity index is 5.16. The highest BCUT2D eigenvalue weighted by Crippen LogP contribution is 2.03. The average molecular weight is 420 g/mol. The van der Waals surface area contributed by atoms with Gasteiger partial charge in [-0.15, -0.1) is 0 Å². The van der Waals surface area contributed by atoms with Gasteiger partial charge in [0.05, 0.1) is 6.04 Å². The van der Waals surface area contributed by atoms with Crippen LogP contribution >= 0.6 is 12.6 Å². The van der Waals surface area contributed by atoms with E-state index < -0.39 is 60.2 Å². The van der Waals surface area contributed by atoms with Crippen LogP contribution in [0, 0.1) is 5.92 Å². The Labute approximate surface area is 168 Å². The number of hydrogen-bond donors (Lipinski definition) is 7. The first-order chi connectivity index (χ1) is 12.9. The average Bonchev–Trinajstić information content (AvgIpc) is 2.61. The van der Waals surface area contributed by atoms with Crippen LogP contribution in [0.3, 0.4) is 0 Å². The maximum Gasteiger partial charge on any atom is 0.325 e. The van der Waals surface area contributed by atoms with E-state index in [-0.39, 0.29) is 18.1 Å². The van der Waals surface area contributed by atoms with E-state index in [4.69, 9.17) is 15.9 Å². The van der Waals surface area contributed by atoms with Gasteiger partial charge in [0.15, 0.2) is 0 Å². The fraction of sp³-hybridized carbons (Fsp3) is 0.688. The third kappa shape index (κ3) is 9.04. The molecule has 0 heterocycles. The summed E-state index contributed by atoms with van der Waals surface area (Å²) in [6, 6.07) is -4.50. The summed E-state index contributed by atoms with van der Waals surface area (Å²) in [6.07, 6.45) is -0.700. The molecule has 160 valence electrons. The zero-order valence-electron chi connectivity index (χ0n) is 16.0. The van der Waals surface area contributed by atoms with Gasteiger partial charge in [-0.25, -0.2) is 0 Å². The summed E-state index contributed by atoms with van der Waals surface area (Å²) in [5, 5.41) is 24.6. The molecule has 0 aliphatic heterocycles. The summed E-state index contributed by atoms with van der Waals surface area (Å²) < 4.78 is 0. The van der Waals surface area contributed by atoms with E-state index in [9.17, 15) is 24.0 Å². The van der Waals surface area contributed by atoms with Gasteiger partial charge in [-0.05, 0) is 19.3 Å². The molecule has 7 N–H and O–H groups in total. The standard InChI is InChI=1S/C16H28N4O7S/c1-7(2)12(17)15(25)20-10(6-28)14(24)19-9(4-5-11(21)22)13(23)18-8(3)16(26)27/h7-10,12,28H,4-6,17H2,1-3H3,(H,18,23)(H,19,24)(H,20,25)(H,21,22)(H,26,27). The predicted molar refractivity (Wildman–Crippen MR) is 103 cm³/mol. The highest BCUT2D eigenvalue weighted by Gasteiger charge is 2.29. The lowest BCUT2D eigenvalue weighted by Gasteiger charge is -2.24. The minimum absolute atomic E-state index is 0.0960. The second kappa shape index (κ2) is 12.2. The normalized spacial score (nSPS) is 15.1. The number of thiol groups is 1. The molecule has 0 saturated heterocycles. The monoisotopic (exact) mass is 420 g/mol. The number of carboxylic acid groups (broad SMARTS) is 2. The van der Waals surface area contributed by atoms with Gasteiger partial charge in [0.2, 0.25) is 17.7 Å². The molecule has 3 amide bonds. The van der Waals surface area contributed by atoms with Gasteiger partial charge in [-0.2, -0.15) is 12.6 Å². The molecule has 0 fully saturated rings. The number of nitrogens with one attached hydrogen (secondary N) is 3. The molecule has 0 aromatic heterocycles. The van der Waals surface area contributed by atoms with Crippen molar-refractivity contribution < 1.29 is 34.2 Å². The van der Waals surface area contributed by atoms with Gasteiger partial charge >= 0.3 is 11.9 Å². The Morgan fingerprint density at radius 2 is 1.39 bits per heavy atom. The van der Waals surface area contributed by atoms with Crippen molar-refractivity contribution in [3.05, 3.63) is 0 Å². The second-order valence-electron chi connectivity index (χ2n) is 6.58. The number of carbonyl (C=O) groups is 5. The van der Waals surface area contributed by atoms with E-state index >= 15 is 0 Å². The smallest absolute Gasteiger partial charge is 0.325 e. The van der Waals surface area contributed by atoms with Gasteiger partial charge < -0.3 is 31.9 Å². The van der Waals surface area contributed by atoms with Crippen LogP contribution in [0.5, 0.6) is 0 Å². The Morgan fingerprint density at radius 1 is 0.893 bits per heavy atom. The minimum Gasteiger partial charge on any atom is -0.481 e. The van der Waals surface area contributed by atoms with Gasteiger partial charge in [-0.1, -0.05) is 13.8 Å². The van der Waals surface area contributed by atoms with Crippen molar-refractivity contribution in [3.8, 4) is 0 Å². The molecule has 0 aromatic carbocycles. The lowest BCUT2D eigenvalue weighted by atomic mass is 10.0. The molecule has 11 nitrogen and oxygen atoms in total. The summed E-state index contributed by atoms with van der Waals surface area (Å²) >= 11 is 4.00. The number of rotatable bonds is 12. The molecule has 4 atom stereocenters. The van der Waals surface area contributed by atoms with Crippen LogP contribution in [0.2, 0.25) is 0 Å². The largest absolute Gasteiger partial charge is 0.481 e. The number of hydrogen-bond acceptors (Lipinski definition) is 7. The maximum absolute atomic E-state index is 12.4. The molecular weight excluding hydrogens is 392 g/mol. The van der Waals surface area contributed by atoms with Crippen LogP contribution in [0.4, 0.5) is 0 Å². The number of carboxylic acids is 2. The quantitative estimate of drug-likeness (QED) is 0.182. The zero-order chi connectivity index (χ0) is 22.0. The van der Waals surface area contributed by atoms with Gasteiger partial charge in [0.25, 0.3) is 0 Å². The van der Waals surface area contributed by atoms with Crippen LogP contribution < -0.4 is 21.7 Å². The lowest BCUT2D eigenvalue weighted by molar-refractivity contribution is -0.142. The number of nitrogens with two attached hydrogens (primary N) is 1. The molecule has 4 unspecified atom stereocenters. The Bertz CT molecular complexity index is 600. The Hall–Kier alpha value is -2.34. The summed E-state index contributed by atoms with van der Waals surface area (Å²) in [6.45, 7) is 4.69. The van der Waals surface area contributed by atoms with Crippen molar-refractivity contribution in [2.75, 3.05) is 5.75 Å². The summed E-state index contributed by atoms with van der Waals surface area (Å²) in [4.78, 5) is 58.4. The van der Waals surface area contributed by atoms with E-state index in [1.807, 2.05) is 0 Å². The number of amides is 3. The number of carbonyl (C=O) groups excluding carboxylic acids is 3. The van der Waals surface area contributed by atoms with Crippen molar-refractivity contribution in [1.29, 1.82) is 0 Å². The first kappa shape index (κ1) is 25.7. The molecular formula is C16H28N4O7S. The molecule has 28 heavy (non-hydrogen) atoms. The van der Waals surface area contributed by atoms with Crippen LogP contribution in [0.25, 0.3) is 0 Å². The third-order valence-electron chi connectivity index (χ3n) is 3.85. The van der Waals surface area contributed by atoms with Crippen molar-refractivity contribution in [2.45, 2.75) is 57.8 Å². The fourth-order valence-corrected chi connectivity index (χ4v) is 2.21. The van der Waals surface area contributed by atoms with Crippen LogP contribution in [0.15, 0.2) is 0 Å². The van der Waals surface area contributed by atoms with Crippen LogP contribution in [-0.2, 0) is 24.0 Å². The van der Waals surface area contributed by atoms with Crippen molar-refractivity contribution >= 4 is 42.3 Å². The lowest BCUT2D eigenvalue weighted by Crippen LogP contribution is -2.57. The molecule has 0 aliphatic carbocycles. The summed E-state index contributed by atoms with van der Waals surface area (Å²) in [5.41, 5.74) is 5.72. The third-order valence-corrected chi connectivity index (χ3v) is 4.21.